The molecule has 0 unspecified atom stereocenters. The molecular formula is C47H42N4O2S. The average Bonchev–Trinajstić information content (AvgIpc) is 3.18. The van der Waals surface area contributed by atoms with Crippen LogP contribution in [0.15, 0.2) is 136 Å². The minimum Gasteiger partial charge on any atom is -0.496 e. The number of fused-ring (bicyclic) bond motifs is 2. The highest BCUT2D eigenvalue weighted by Gasteiger charge is 2.42. The Bertz CT molecular complexity index is 2350. The number of hydrogen-bond acceptors (Lipinski definition) is 7. The first-order valence-electron chi connectivity index (χ1n) is 18.4. The predicted octanol–water partition coefficient (Wildman–Crippen LogP) is 11.7. The van der Waals surface area contributed by atoms with Crippen molar-refractivity contribution in [1.29, 1.82) is 10.5 Å². The van der Waals surface area contributed by atoms with Gasteiger partial charge in [-0.3, -0.25) is 0 Å². The van der Waals surface area contributed by atoms with Crippen LogP contribution in [0.25, 0.3) is 12.2 Å². The van der Waals surface area contributed by atoms with Crippen molar-refractivity contribution in [2.24, 2.45) is 0 Å². The number of allylic oxidation sites excluding steroid dienone is 6. The van der Waals surface area contributed by atoms with Gasteiger partial charge in [0.2, 0.25) is 0 Å². The molecule has 0 bridgehead atoms. The van der Waals surface area contributed by atoms with Gasteiger partial charge in [-0.1, -0.05) is 81.9 Å². The first-order valence-corrected chi connectivity index (χ1v) is 19.2. The van der Waals surface area contributed by atoms with Crippen LogP contribution in [0.2, 0.25) is 0 Å². The van der Waals surface area contributed by atoms with Crippen molar-refractivity contribution in [3.8, 4) is 17.9 Å². The maximum atomic E-state index is 9.79. The third kappa shape index (κ3) is 6.29. The zero-order valence-electron chi connectivity index (χ0n) is 31.3. The molecule has 0 aliphatic carbocycles. The third-order valence-electron chi connectivity index (χ3n) is 11.0. The summed E-state index contributed by atoms with van der Waals surface area (Å²) in [6.07, 6.45) is 13.5. The van der Waals surface area contributed by atoms with Gasteiger partial charge in [0.25, 0.3) is 0 Å². The van der Waals surface area contributed by atoms with Crippen molar-refractivity contribution in [2.45, 2.75) is 61.2 Å². The molecule has 4 aromatic rings. The van der Waals surface area contributed by atoms with Gasteiger partial charge in [-0.05, 0) is 108 Å². The van der Waals surface area contributed by atoms with E-state index in [2.05, 4.69) is 128 Å². The second kappa shape index (κ2) is 13.8. The number of rotatable bonds is 6. The van der Waals surface area contributed by atoms with E-state index in [4.69, 9.17) is 9.47 Å². The van der Waals surface area contributed by atoms with E-state index in [1.165, 1.54) is 26.6 Å². The monoisotopic (exact) mass is 726 g/mol. The van der Waals surface area contributed by atoms with Crippen LogP contribution in [0.3, 0.4) is 0 Å². The van der Waals surface area contributed by atoms with Crippen LogP contribution in [0.1, 0.15) is 62.8 Å². The first-order chi connectivity index (χ1) is 26.1. The molecule has 0 saturated heterocycles. The van der Waals surface area contributed by atoms with Gasteiger partial charge in [0.15, 0.2) is 0 Å². The van der Waals surface area contributed by atoms with Crippen molar-refractivity contribution in [3.63, 3.8) is 0 Å². The van der Waals surface area contributed by atoms with Crippen LogP contribution in [0, 0.1) is 22.7 Å². The number of ether oxygens (including phenoxy) is 2. The Hall–Kier alpha value is -5.89. The van der Waals surface area contributed by atoms with Crippen LogP contribution in [-0.2, 0) is 15.6 Å². The molecule has 54 heavy (non-hydrogen) atoms. The molecule has 4 aromatic carbocycles. The van der Waals surface area contributed by atoms with Gasteiger partial charge in [0.1, 0.15) is 35.0 Å². The van der Waals surface area contributed by atoms with Crippen LogP contribution < -0.4 is 14.5 Å². The molecule has 4 aliphatic heterocycles. The summed E-state index contributed by atoms with van der Waals surface area (Å²) in [4.78, 5) is 7.28. The maximum absolute atomic E-state index is 9.79. The van der Waals surface area contributed by atoms with Gasteiger partial charge < -0.3 is 19.3 Å². The zero-order chi connectivity index (χ0) is 37.6. The van der Waals surface area contributed by atoms with Gasteiger partial charge >= 0.3 is 0 Å². The Morgan fingerprint density at radius 1 is 0.778 bits per heavy atom. The fourth-order valence-corrected chi connectivity index (χ4v) is 9.05. The molecule has 7 heteroatoms. The molecule has 0 aromatic heterocycles. The molecule has 268 valence electrons. The van der Waals surface area contributed by atoms with Crippen molar-refractivity contribution in [1.82, 2.24) is 0 Å². The molecule has 6 nitrogen and oxygen atoms in total. The minimum atomic E-state index is -0.0467. The van der Waals surface area contributed by atoms with Gasteiger partial charge in [0.05, 0.1) is 18.5 Å². The smallest absolute Gasteiger partial charge is 0.137 e. The van der Waals surface area contributed by atoms with E-state index < -0.39 is 0 Å². The molecule has 0 fully saturated rings. The average molecular weight is 727 g/mol. The molecule has 0 saturated carbocycles. The molecule has 8 rings (SSSR count). The predicted molar refractivity (Wildman–Crippen MR) is 219 cm³/mol. The number of nitrogens with zero attached hydrogens (tertiary/aromatic N) is 4. The summed E-state index contributed by atoms with van der Waals surface area (Å²) in [6, 6.07) is 31.8. The summed E-state index contributed by atoms with van der Waals surface area (Å²) in [7, 11) is 1.75. The standard InChI is InChI=1S/C47H42N4O2S/c1-46(2)22-24-50-25-23-47(3,4)43-44(50)38(46)28-32(45(43)52-5)17-21-37-27-33(34(29-48)30-49)26-36(53-37)20-16-31-14-18-35(19-15-31)51-39-10-6-8-12-41(39)54-42-13-9-7-11-40(42)51/h6-21,26-28H,22-25H2,1-5H3/b20-16+,21-17+. The van der Waals surface area contributed by atoms with E-state index in [0.717, 1.165) is 59.9 Å². The normalized spacial score (nSPS) is 17.7. The number of anilines is 4. The first kappa shape index (κ1) is 35.2. The summed E-state index contributed by atoms with van der Waals surface area (Å²) in [5, 5.41) is 19.6. The van der Waals surface area contributed by atoms with Gasteiger partial charge in [-0.15, -0.1) is 0 Å². The topological polar surface area (TPSA) is 72.5 Å². The summed E-state index contributed by atoms with van der Waals surface area (Å²) in [6.45, 7) is 11.4. The van der Waals surface area contributed by atoms with Gasteiger partial charge in [0, 0.05) is 51.0 Å². The summed E-state index contributed by atoms with van der Waals surface area (Å²) < 4.78 is 12.6. The molecule has 4 heterocycles. The Labute approximate surface area is 322 Å². The lowest BCUT2D eigenvalue weighted by atomic mass is 9.68. The van der Waals surface area contributed by atoms with Crippen molar-refractivity contribution in [3.05, 3.63) is 148 Å². The van der Waals surface area contributed by atoms with E-state index in [-0.39, 0.29) is 16.4 Å². The molecule has 0 spiro atoms. The zero-order valence-corrected chi connectivity index (χ0v) is 32.1. The van der Waals surface area contributed by atoms with Crippen molar-refractivity contribution in [2.75, 3.05) is 30.0 Å². The van der Waals surface area contributed by atoms with Crippen molar-refractivity contribution >= 4 is 46.7 Å². The van der Waals surface area contributed by atoms with E-state index in [1.54, 1.807) is 31.0 Å². The fourth-order valence-electron chi connectivity index (χ4n) is 7.99. The molecule has 0 atom stereocenters. The largest absolute Gasteiger partial charge is 0.496 e. The van der Waals surface area contributed by atoms with E-state index in [0.29, 0.717) is 17.1 Å². The lowest BCUT2D eigenvalue weighted by Gasteiger charge is -2.48. The quantitative estimate of drug-likeness (QED) is 0.161. The number of methoxy groups -OCH3 is 1. The third-order valence-corrected chi connectivity index (χ3v) is 12.1. The fraction of sp³-hybridized carbons (Fsp3) is 0.234. The number of nitriles is 2. The van der Waals surface area contributed by atoms with Crippen LogP contribution in [-0.4, -0.2) is 20.2 Å². The Morgan fingerprint density at radius 3 is 1.98 bits per heavy atom. The molecule has 4 aliphatic rings. The van der Waals surface area contributed by atoms with Crippen LogP contribution >= 0.6 is 11.8 Å². The Morgan fingerprint density at radius 2 is 1.37 bits per heavy atom. The van der Waals surface area contributed by atoms with Crippen LogP contribution in [0.5, 0.6) is 5.75 Å². The molecule has 0 N–H and O–H groups in total. The van der Waals surface area contributed by atoms with E-state index in [1.807, 2.05) is 24.3 Å². The maximum Gasteiger partial charge on any atom is 0.137 e. The number of hydrogen-bond donors (Lipinski definition) is 0. The highest BCUT2D eigenvalue weighted by molar-refractivity contribution is 7.99. The molecule has 0 radical (unpaired) electrons. The molecular weight excluding hydrogens is 685 g/mol. The minimum absolute atomic E-state index is 0.0224. The Balaban J connectivity index is 1.10. The number of benzene rings is 4. The van der Waals surface area contributed by atoms with Gasteiger partial charge in [-0.25, -0.2) is 0 Å². The van der Waals surface area contributed by atoms with E-state index in [9.17, 15) is 10.5 Å². The lowest BCUT2D eigenvalue weighted by molar-refractivity contribution is 0.332. The van der Waals surface area contributed by atoms with Crippen LogP contribution in [0.4, 0.5) is 22.7 Å². The SMILES string of the molecule is COc1c(/C=C/C2=CC(=C(C#N)C#N)C=C(/C=C/c3ccc(N4c5ccccc5Sc5ccccc54)cc3)O2)cc2c3c1C(C)(C)CCN3CCC2(C)C. The second-order valence-electron chi connectivity index (χ2n) is 15.4. The highest BCUT2D eigenvalue weighted by Crippen LogP contribution is 2.54. The summed E-state index contributed by atoms with van der Waals surface area (Å²) >= 11 is 1.79. The molecule has 0 amide bonds. The van der Waals surface area contributed by atoms with Crippen molar-refractivity contribution < 1.29 is 9.47 Å². The second-order valence-corrected chi connectivity index (χ2v) is 16.5. The van der Waals surface area contributed by atoms with E-state index >= 15 is 0 Å². The number of para-hydroxylation sites is 2. The summed E-state index contributed by atoms with van der Waals surface area (Å²) in [5.41, 5.74) is 9.80. The highest BCUT2D eigenvalue weighted by atomic mass is 32.2. The van der Waals surface area contributed by atoms with Gasteiger partial charge in [-0.2, -0.15) is 10.5 Å². The lowest BCUT2D eigenvalue weighted by Crippen LogP contribution is -2.45. The summed E-state index contributed by atoms with van der Waals surface area (Å²) in [5.74, 6) is 1.94. The Kier molecular flexibility index (Phi) is 9.00.